The maximum Gasteiger partial charge on any atom is 0.0482 e. The van der Waals surface area contributed by atoms with E-state index in [9.17, 15) is 0 Å². The first-order valence-corrected chi connectivity index (χ1v) is 6.46. The van der Waals surface area contributed by atoms with Gasteiger partial charge in [-0.05, 0) is 36.5 Å². The highest BCUT2D eigenvalue weighted by molar-refractivity contribution is 5.45. The van der Waals surface area contributed by atoms with Crippen molar-refractivity contribution in [1.29, 1.82) is 0 Å². The van der Waals surface area contributed by atoms with Gasteiger partial charge in [0.25, 0.3) is 0 Å². The molecule has 1 aromatic rings. The summed E-state index contributed by atoms with van der Waals surface area (Å²) in [6.45, 7) is 11.3. The van der Waals surface area contributed by atoms with Gasteiger partial charge in [-0.1, -0.05) is 32.9 Å². The van der Waals surface area contributed by atoms with E-state index in [-0.39, 0.29) is 5.41 Å². The topological polar surface area (TPSA) is 21.3 Å². The van der Waals surface area contributed by atoms with Crippen LogP contribution in [0.15, 0.2) is 24.3 Å². The number of ether oxygens (including phenoxy) is 1. The fraction of sp³-hybridized carbons (Fsp3) is 0.600. The lowest BCUT2D eigenvalue weighted by atomic mass is 9.87. The van der Waals surface area contributed by atoms with Crippen molar-refractivity contribution in [2.45, 2.75) is 39.5 Å². The second kappa shape index (κ2) is 6.65. The Hall–Kier alpha value is -1.02. The SMILES string of the molecule is CCOCCCNc1ccc(C(C)(C)C)cc1. The smallest absolute Gasteiger partial charge is 0.0482 e. The molecule has 0 aliphatic rings. The van der Waals surface area contributed by atoms with E-state index in [4.69, 9.17) is 4.74 Å². The van der Waals surface area contributed by atoms with Gasteiger partial charge in [-0.25, -0.2) is 0 Å². The van der Waals surface area contributed by atoms with E-state index in [2.05, 4.69) is 50.4 Å². The van der Waals surface area contributed by atoms with Crippen LogP contribution in [-0.2, 0) is 10.2 Å². The molecule has 1 N–H and O–H groups in total. The van der Waals surface area contributed by atoms with E-state index in [1.54, 1.807) is 0 Å². The van der Waals surface area contributed by atoms with Crippen LogP contribution in [0.25, 0.3) is 0 Å². The van der Waals surface area contributed by atoms with Crippen molar-refractivity contribution in [3.8, 4) is 0 Å². The minimum absolute atomic E-state index is 0.230. The monoisotopic (exact) mass is 235 g/mol. The van der Waals surface area contributed by atoms with Crippen LogP contribution in [-0.4, -0.2) is 19.8 Å². The maximum atomic E-state index is 5.30. The molecule has 96 valence electrons. The van der Waals surface area contributed by atoms with Crippen molar-refractivity contribution >= 4 is 5.69 Å². The van der Waals surface area contributed by atoms with E-state index >= 15 is 0 Å². The molecular formula is C15H25NO. The minimum atomic E-state index is 0.230. The largest absolute Gasteiger partial charge is 0.385 e. The van der Waals surface area contributed by atoms with Crippen molar-refractivity contribution in [1.82, 2.24) is 0 Å². The van der Waals surface area contributed by atoms with E-state index in [0.29, 0.717) is 0 Å². The van der Waals surface area contributed by atoms with Crippen molar-refractivity contribution in [3.63, 3.8) is 0 Å². The predicted molar refractivity (Wildman–Crippen MR) is 74.7 cm³/mol. The molecule has 2 nitrogen and oxygen atoms in total. The van der Waals surface area contributed by atoms with Gasteiger partial charge in [0.15, 0.2) is 0 Å². The molecule has 0 saturated heterocycles. The van der Waals surface area contributed by atoms with Crippen LogP contribution in [0.4, 0.5) is 5.69 Å². The molecule has 0 heterocycles. The zero-order chi connectivity index (χ0) is 12.7. The Morgan fingerprint density at radius 3 is 2.29 bits per heavy atom. The summed E-state index contributed by atoms with van der Waals surface area (Å²) in [5.74, 6) is 0. The van der Waals surface area contributed by atoms with Crippen molar-refractivity contribution in [2.75, 3.05) is 25.1 Å². The summed E-state index contributed by atoms with van der Waals surface area (Å²) < 4.78 is 5.30. The Balaban J connectivity index is 2.36. The van der Waals surface area contributed by atoms with Gasteiger partial charge in [0.05, 0.1) is 0 Å². The van der Waals surface area contributed by atoms with E-state index < -0.39 is 0 Å². The second-order valence-corrected chi connectivity index (χ2v) is 5.30. The fourth-order valence-corrected chi connectivity index (χ4v) is 1.64. The van der Waals surface area contributed by atoms with Gasteiger partial charge in [-0.2, -0.15) is 0 Å². The van der Waals surface area contributed by atoms with E-state index in [1.165, 1.54) is 11.3 Å². The molecule has 0 atom stereocenters. The normalized spacial score (nSPS) is 11.5. The molecule has 17 heavy (non-hydrogen) atoms. The molecule has 2 heteroatoms. The van der Waals surface area contributed by atoms with Crippen LogP contribution >= 0.6 is 0 Å². The molecule has 0 radical (unpaired) electrons. The van der Waals surface area contributed by atoms with Gasteiger partial charge in [0, 0.05) is 25.4 Å². The van der Waals surface area contributed by atoms with Gasteiger partial charge in [0.1, 0.15) is 0 Å². The van der Waals surface area contributed by atoms with Crippen molar-refractivity contribution in [3.05, 3.63) is 29.8 Å². The lowest BCUT2D eigenvalue weighted by molar-refractivity contribution is 0.147. The number of nitrogens with one attached hydrogen (secondary N) is 1. The first kappa shape index (κ1) is 14.0. The zero-order valence-electron chi connectivity index (χ0n) is 11.5. The molecule has 0 aliphatic heterocycles. The third-order valence-corrected chi connectivity index (χ3v) is 2.75. The molecule has 0 aliphatic carbocycles. The molecule has 0 saturated carbocycles. The number of anilines is 1. The summed E-state index contributed by atoms with van der Waals surface area (Å²) in [7, 11) is 0. The molecular weight excluding hydrogens is 210 g/mol. The average Bonchev–Trinajstić information content (AvgIpc) is 2.28. The lowest BCUT2D eigenvalue weighted by Crippen LogP contribution is -2.11. The summed E-state index contributed by atoms with van der Waals surface area (Å²) in [5.41, 5.74) is 2.79. The van der Waals surface area contributed by atoms with Gasteiger partial charge < -0.3 is 10.1 Å². The van der Waals surface area contributed by atoms with Crippen LogP contribution in [0.5, 0.6) is 0 Å². The Morgan fingerprint density at radius 2 is 1.76 bits per heavy atom. The zero-order valence-corrected chi connectivity index (χ0v) is 11.5. The lowest BCUT2D eigenvalue weighted by Gasteiger charge is -2.19. The molecule has 1 rings (SSSR count). The van der Waals surface area contributed by atoms with Crippen LogP contribution < -0.4 is 5.32 Å². The summed E-state index contributed by atoms with van der Waals surface area (Å²) in [5, 5.41) is 3.40. The van der Waals surface area contributed by atoms with E-state index in [1.807, 2.05) is 6.92 Å². The highest BCUT2D eigenvalue weighted by Crippen LogP contribution is 2.23. The first-order valence-electron chi connectivity index (χ1n) is 6.46. The Labute approximate surface area is 105 Å². The number of hydrogen-bond acceptors (Lipinski definition) is 2. The molecule has 0 spiro atoms. The molecule has 0 unspecified atom stereocenters. The minimum Gasteiger partial charge on any atom is -0.385 e. The maximum absolute atomic E-state index is 5.30. The Morgan fingerprint density at radius 1 is 1.12 bits per heavy atom. The molecule has 0 amide bonds. The van der Waals surface area contributed by atoms with Crippen LogP contribution in [0.3, 0.4) is 0 Å². The quantitative estimate of drug-likeness (QED) is 0.757. The highest BCUT2D eigenvalue weighted by Gasteiger charge is 2.12. The molecule has 0 fully saturated rings. The predicted octanol–water partition coefficient (Wildman–Crippen LogP) is 3.82. The van der Waals surface area contributed by atoms with Crippen LogP contribution in [0, 0.1) is 0 Å². The second-order valence-electron chi connectivity index (χ2n) is 5.30. The Kier molecular flexibility index (Phi) is 5.49. The number of rotatable bonds is 6. The van der Waals surface area contributed by atoms with E-state index in [0.717, 1.165) is 26.2 Å². The summed E-state index contributed by atoms with van der Waals surface area (Å²) in [6, 6.07) is 8.71. The third-order valence-electron chi connectivity index (χ3n) is 2.75. The van der Waals surface area contributed by atoms with Crippen molar-refractivity contribution in [2.24, 2.45) is 0 Å². The average molecular weight is 235 g/mol. The van der Waals surface area contributed by atoms with Crippen LogP contribution in [0.1, 0.15) is 39.7 Å². The fourth-order valence-electron chi connectivity index (χ4n) is 1.64. The molecule has 1 aromatic carbocycles. The summed E-state index contributed by atoms with van der Waals surface area (Å²) in [6.07, 6.45) is 1.05. The first-order chi connectivity index (χ1) is 8.04. The van der Waals surface area contributed by atoms with Gasteiger partial charge in [-0.15, -0.1) is 0 Å². The Bertz CT molecular complexity index is 311. The standard InChI is InChI=1S/C15H25NO/c1-5-17-12-6-11-16-14-9-7-13(8-10-14)15(2,3)4/h7-10,16H,5-6,11-12H2,1-4H3. The summed E-state index contributed by atoms with van der Waals surface area (Å²) in [4.78, 5) is 0. The summed E-state index contributed by atoms with van der Waals surface area (Å²) >= 11 is 0. The van der Waals surface area contributed by atoms with Crippen molar-refractivity contribution < 1.29 is 4.74 Å². The van der Waals surface area contributed by atoms with Gasteiger partial charge >= 0.3 is 0 Å². The van der Waals surface area contributed by atoms with Crippen LogP contribution in [0.2, 0.25) is 0 Å². The van der Waals surface area contributed by atoms with Gasteiger partial charge in [0.2, 0.25) is 0 Å². The number of benzene rings is 1. The van der Waals surface area contributed by atoms with Gasteiger partial charge in [-0.3, -0.25) is 0 Å². The number of hydrogen-bond donors (Lipinski definition) is 1. The molecule has 0 aromatic heterocycles. The highest BCUT2D eigenvalue weighted by atomic mass is 16.5. The third kappa shape index (κ3) is 5.22. The molecule has 0 bridgehead atoms.